The van der Waals surface area contributed by atoms with Crippen molar-refractivity contribution in [3.8, 4) is 17.2 Å². The first kappa shape index (κ1) is 20.0. The Kier molecular flexibility index (Phi) is 6.51. The van der Waals surface area contributed by atoms with Crippen molar-refractivity contribution in [2.24, 2.45) is 0 Å². The molecule has 0 aliphatic carbocycles. The molecule has 0 aliphatic rings. The minimum Gasteiger partial charge on any atom is -0.497 e. The fraction of sp³-hybridized carbons (Fsp3) is 0.250. The number of carbonyl (C=O) groups is 1. The van der Waals surface area contributed by atoms with Crippen molar-refractivity contribution < 1.29 is 19.0 Å². The zero-order chi connectivity index (χ0) is 20.6. The standard InChI is InChI=1S/C20H23N5O4/c1-27-15-7-5-14(6-8-15)22-19-18(23-25-24-19)20(26)21-11-10-13-4-9-16(28-2)17(12-13)29-3/h4-9,12H,10-11H2,1-3H3,(H,21,26)(H2,22,23,24,25). The molecule has 0 unspecified atom stereocenters. The van der Waals surface area contributed by atoms with Gasteiger partial charge in [-0.3, -0.25) is 4.79 Å². The van der Waals surface area contributed by atoms with Crippen LogP contribution in [0.3, 0.4) is 0 Å². The first-order valence-electron chi connectivity index (χ1n) is 8.95. The SMILES string of the molecule is COc1ccc(Nc2n[nH]nc2C(=O)NCCc2ccc(OC)c(OC)c2)cc1. The van der Waals surface area contributed by atoms with Crippen molar-refractivity contribution in [2.45, 2.75) is 6.42 Å². The lowest BCUT2D eigenvalue weighted by atomic mass is 10.1. The molecule has 29 heavy (non-hydrogen) atoms. The van der Waals surface area contributed by atoms with Gasteiger partial charge in [0, 0.05) is 12.2 Å². The molecule has 1 heterocycles. The highest BCUT2D eigenvalue weighted by Gasteiger charge is 2.16. The Hall–Kier alpha value is -3.75. The molecule has 0 bridgehead atoms. The highest BCUT2D eigenvalue weighted by Crippen LogP contribution is 2.27. The van der Waals surface area contributed by atoms with E-state index in [1.165, 1.54) is 0 Å². The number of nitrogens with one attached hydrogen (secondary N) is 3. The van der Waals surface area contributed by atoms with Gasteiger partial charge in [-0.15, -0.1) is 10.2 Å². The van der Waals surface area contributed by atoms with E-state index in [0.717, 1.165) is 17.0 Å². The van der Waals surface area contributed by atoms with Crippen molar-refractivity contribution in [1.29, 1.82) is 0 Å². The van der Waals surface area contributed by atoms with E-state index in [0.29, 0.717) is 30.3 Å². The maximum atomic E-state index is 12.5. The van der Waals surface area contributed by atoms with Crippen molar-refractivity contribution >= 4 is 17.4 Å². The molecule has 0 atom stereocenters. The van der Waals surface area contributed by atoms with Crippen molar-refractivity contribution in [3.63, 3.8) is 0 Å². The lowest BCUT2D eigenvalue weighted by molar-refractivity contribution is 0.0950. The zero-order valence-corrected chi connectivity index (χ0v) is 16.5. The number of anilines is 2. The average molecular weight is 397 g/mol. The van der Waals surface area contributed by atoms with E-state index in [9.17, 15) is 4.79 Å². The Bertz CT molecular complexity index is 956. The van der Waals surface area contributed by atoms with Gasteiger partial charge in [0.2, 0.25) is 0 Å². The number of aromatic nitrogens is 3. The fourth-order valence-corrected chi connectivity index (χ4v) is 2.73. The first-order chi connectivity index (χ1) is 14.1. The molecule has 152 valence electrons. The summed E-state index contributed by atoms with van der Waals surface area (Å²) in [5.74, 6) is 2.08. The third-order valence-corrected chi connectivity index (χ3v) is 4.26. The second-order valence-corrected chi connectivity index (χ2v) is 6.07. The highest BCUT2D eigenvalue weighted by molar-refractivity contribution is 5.97. The van der Waals surface area contributed by atoms with Crippen molar-refractivity contribution in [1.82, 2.24) is 20.7 Å². The minimum absolute atomic E-state index is 0.188. The van der Waals surface area contributed by atoms with Crippen LogP contribution in [0.2, 0.25) is 0 Å². The summed E-state index contributed by atoms with van der Waals surface area (Å²) in [5, 5.41) is 16.4. The third-order valence-electron chi connectivity index (χ3n) is 4.26. The van der Waals surface area contributed by atoms with E-state index in [2.05, 4.69) is 26.0 Å². The summed E-state index contributed by atoms with van der Waals surface area (Å²) in [7, 11) is 4.78. The molecule has 0 aliphatic heterocycles. The number of methoxy groups -OCH3 is 3. The van der Waals surface area contributed by atoms with E-state index in [1.54, 1.807) is 21.3 Å². The van der Waals surface area contributed by atoms with Crippen LogP contribution in [0.1, 0.15) is 16.1 Å². The van der Waals surface area contributed by atoms with Gasteiger partial charge in [0.1, 0.15) is 5.75 Å². The number of ether oxygens (including phenoxy) is 3. The molecule has 1 aromatic heterocycles. The monoisotopic (exact) mass is 397 g/mol. The molecule has 0 fully saturated rings. The highest BCUT2D eigenvalue weighted by atomic mass is 16.5. The van der Waals surface area contributed by atoms with Crippen LogP contribution in [0.25, 0.3) is 0 Å². The first-order valence-corrected chi connectivity index (χ1v) is 8.95. The number of benzene rings is 2. The van der Waals surface area contributed by atoms with Gasteiger partial charge in [0.25, 0.3) is 5.91 Å². The van der Waals surface area contributed by atoms with Crippen LogP contribution >= 0.6 is 0 Å². The van der Waals surface area contributed by atoms with Crippen LogP contribution in [-0.4, -0.2) is 49.2 Å². The van der Waals surface area contributed by atoms with Crippen molar-refractivity contribution in [3.05, 3.63) is 53.7 Å². The zero-order valence-electron chi connectivity index (χ0n) is 16.5. The predicted octanol–water partition coefficient (Wildman–Crippen LogP) is 2.55. The number of carbonyl (C=O) groups excluding carboxylic acids is 1. The second kappa shape index (κ2) is 9.45. The molecule has 0 spiro atoms. The van der Waals surface area contributed by atoms with Gasteiger partial charge < -0.3 is 24.8 Å². The molecule has 3 rings (SSSR count). The van der Waals surface area contributed by atoms with Gasteiger partial charge in [-0.05, 0) is 48.4 Å². The Labute approximate surface area is 168 Å². The fourth-order valence-electron chi connectivity index (χ4n) is 2.73. The molecule has 2 aromatic carbocycles. The smallest absolute Gasteiger partial charge is 0.275 e. The summed E-state index contributed by atoms with van der Waals surface area (Å²) in [6.07, 6.45) is 0.630. The van der Waals surface area contributed by atoms with Gasteiger partial charge in [-0.2, -0.15) is 5.21 Å². The maximum absolute atomic E-state index is 12.5. The van der Waals surface area contributed by atoms with E-state index in [-0.39, 0.29) is 11.6 Å². The number of hydrogen-bond donors (Lipinski definition) is 3. The van der Waals surface area contributed by atoms with E-state index in [4.69, 9.17) is 14.2 Å². The number of H-pyrrole nitrogens is 1. The average Bonchev–Trinajstić information content (AvgIpc) is 3.22. The summed E-state index contributed by atoms with van der Waals surface area (Å²) >= 11 is 0. The largest absolute Gasteiger partial charge is 0.497 e. The molecule has 0 saturated heterocycles. The Morgan fingerprint density at radius 2 is 1.72 bits per heavy atom. The number of amides is 1. The summed E-state index contributed by atoms with van der Waals surface area (Å²) in [5.41, 5.74) is 1.96. The van der Waals surface area contributed by atoms with Gasteiger partial charge in [-0.1, -0.05) is 6.07 Å². The summed E-state index contributed by atoms with van der Waals surface area (Å²) < 4.78 is 15.7. The van der Waals surface area contributed by atoms with Crippen LogP contribution in [0.15, 0.2) is 42.5 Å². The molecular formula is C20H23N5O4. The molecule has 0 radical (unpaired) electrons. The molecular weight excluding hydrogens is 374 g/mol. The maximum Gasteiger partial charge on any atom is 0.275 e. The summed E-state index contributed by atoms with van der Waals surface area (Å²) in [6.45, 7) is 0.434. The predicted molar refractivity (Wildman–Crippen MR) is 108 cm³/mol. The van der Waals surface area contributed by atoms with Crippen LogP contribution in [0, 0.1) is 0 Å². The van der Waals surface area contributed by atoms with Gasteiger partial charge in [0.15, 0.2) is 23.0 Å². The number of nitrogens with zero attached hydrogens (tertiary/aromatic N) is 2. The van der Waals surface area contributed by atoms with Crippen LogP contribution in [0.5, 0.6) is 17.2 Å². The lowest BCUT2D eigenvalue weighted by Crippen LogP contribution is -2.26. The summed E-state index contributed by atoms with van der Waals surface area (Å²) in [4.78, 5) is 12.5. The summed E-state index contributed by atoms with van der Waals surface area (Å²) in [6, 6.07) is 12.9. The van der Waals surface area contributed by atoms with E-state index < -0.39 is 0 Å². The second-order valence-electron chi connectivity index (χ2n) is 6.07. The topological polar surface area (TPSA) is 110 Å². The van der Waals surface area contributed by atoms with Gasteiger partial charge in [-0.25, -0.2) is 0 Å². The molecule has 1 amide bonds. The molecule has 9 nitrogen and oxygen atoms in total. The molecule has 9 heteroatoms. The van der Waals surface area contributed by atoms with Crippen LogP contribution < -0.4 is 24.8 Å². The Morgan fingerprint density at radius 1 is 0.966 bits per heavy atom. The minimum atomic E-state index is -0.324. The van der Waals surface area contributed by atoms with E-state index >= 15 is 0 Å². The van der Waals surface area contributed by atoms with E-state index in [1.807, 2.05) is 42.5 Å². The van der Waals surface area contributed by atoms with Gasteiger partial charge >= 0.3 is 0 Å². The quantitative estimate of drug-likeness (QED) is 0.509. The lowest BCUT2D eigenvalue weighted by Gasteiger charge is -2.10. The third kappa shape index (κ3) is 4.95. The number of hydrogen-bond acceptors (Lipinski definition) is 7. The molecule has 0 saturated carbocycles. The van der Waals surface area contributed by atoms with Gasteiger partial charge in [0.05, 0.1) is 21.3 Å². The molecule has 3 N–H and O–H groups in total. The normalized spacial score (nSPS) is 10.3. The van der Waals surface area contributed by atoms with Crippen LogP contribution in [-0.2, 0) is 6.42 Å². The number of rotatable bonds is 9. The van der Waals surface area contributed by atoms with Crippen LogP contribution in [0.4, 0.5) is 11.5 Å². The number of aromatic amines is 1. The Balaban J connectivity index is 1.58. The Morgan fingerprint density at radius 3 is 2.41 bits per heavy atom. The molecule has 3 aromatic rings. The van der Waals surface area contributed by atoms with Crippen molar-refractivity contribution in [2.75, 3.05) is 33.2 Å².